The number of hydrogen-bond donors (Lipinski definition) is 1. The van der Waals surface area contributed by atoms with E-state index in [-0.39, 0.29) is 6.03 Å². The number of amides is 2. The van der Waals surface area contributed by atoms with E-state index < -0.39 is 6.04 Å². The van der Waals surface area contributed by atoms with Crippen molar-refractivity contribution in [1.29, 1.82) is 0 Å². The Hall–Kier alpha value is -3.42. The molecule has 32 heavy (non-hydrogen) atoms. The fourth-order valence-electron chi connectivity index (χ4n) is 3.87. The van der Waals surface area contributed by atoms with Gasteiger partial charge in [0.1, 0.15) is 0 Å². The van der Waals surface area contributed by atoms with Crippen molar-refractivity contribution in [3.63, 3.8) is 0 Å². The number of nitrogens with one attached hydrogen (secondary N) is 1. The van der Waals surface area contributed by atoms with Crippen LogP contribution in [0.1, 0.15) is 30.0 Å². The molecule has 160 valence electrons. The Morgan fingerprint density at radius 2 is 1.94 bits per heavy atom. The lowest BCUT2D eigenvalue weighted by molar-refractivity contribution is 0.244. The van der Waals surface area contributed by atoms with Crippen molar-refractivity contribution in [2.75, 3.05) is 4.90 Å². The molecule has 0 fully saturated rings. The highest BCUT2D eigenvalue weighted by atomic mass is 35.5. The predicted molar refractivity (Wildman–Crippen MR) is 127 cm³/mol. The van der Waals surface area contributed by atoms with Gasteiger partial charge in [-0.2, -0.15) is 4.98 Å². The van der Waals surface area contributed by atoms with Crippen molar-refractivity contribution in [3.05, 3.63) is 93.8 Å². The molecule has 0 saturated heterocycles. The first-order chi connectivity index (χ1) is 15.5. The third-order valence-electron chi connectivity index (χ3n) is 5.32. The molecule has 4 aromatic rings. The molecule has 8 heteroatoms. The van der Waals surface area contributed by atoms with E-state index in [1.165, 1.54) is 11.3 Å². The van der Waals surface area contributed by atoms with Crippen LogP contribution in [0.25, 0.3) is 16.3 Å². The Bertz CT molecular complexity index is 1330. The van der Waals surface area contributed by atoms with Crippen LogP contribution in [-0.2, 0) is 0 Å². The van der Waals surface area contributed by atoms with Crippen LogP contribution in [0.5, 0.6) is 0 Å². The van der Waals surface area contributed by atoms with Crippen molar-refractivity contribution in [2.24, 2.45) is 0 Å². The Morgan fingerprint density at radius 3 is 2.69 bits per heavy atom. The number of thiophene rings is 1. The molecule has 5 rings (SSSR count). The summed E-state index contributed by atoms with van der Waals surface area (Å²) in [5.41, 5.74) is 4.09. The summed E-state index contributed by atoms with van der Waals surface area (Å²) in [4.78, 5) is 20.4. The van der Waals surface area contributed by atoms with Crippen LogP contribution < -0.4 is 10.2 Å². The molecule has 2 amide bonds. The molecule has 2 aromatic carbocycles. The van der Waals surface area contributed by atoms with Crippen molar-refractivity contribution >= 4 is 40.2 Å². The van der Waals surface area contributed by atoms with Gasteiger partial charge in [-0.25, -0.2) is 4.79 Å². The molecule has 1 atom stereocenters. The number of nitrogens with zero attached hydrogens (tertiary/aromatic N) is 3. The molecule has 0 bridgehead atoms. The van der Waals surface area contributed by atoms with E-state index in [9.17, 15) is 4.79 Å². The average Bonchev–Trinajstić information content (AvgIpc) is 3.45. The van der Waals surface area contributed by atoms with Gasteiger partial charge < -0.3 is 9.84 Å². The number of hydrogen-bond acceptors (Lipinski definition) is 5. The van der Waals surface area contributed by atoms with Crippen LogP contribution in [0.2, 0.25) is 5.02 Å². The van der Waals surface area contributed by atoms with Crippen molar-refractivity contribution in [3.8, 4) is 10.7 Å². The molecule has 1 unspecified atom stereocenters. The minimum absolute atomic E-state index is 0.236. The van der Waals surface area contributed by atoms with Crippen LogP contribution in [0, 0.1) is 6.92 Å². The number of aromatic nitrogens is 2. The fraction of sp³-hybridized carbons (Fsp3) is 0.125. The van der Waals surface area contributed by atoms with Gasteiger partial charge >= 0.3 is 6.03 Å². The molecule has 1 aliphatic heterocycles. The second-order valence-electron chi connectivity index (χ2n) is 7.51. The maximum absolute atomic E-state index is 13.2. The van der Waals surface area contributed by atoms with Crippen LogP contribution in [0.15, 0.2) is 76.3 Å². The maximum atomic E-state index is 13.2. The SMILES string of the molecule is CC1=C(c2nc(-c3cccs3)no2)C(c2cccc(Cl)c2)NC(=O)N1c1cccc(C)c1. The summed E-state index contributed by atoms with van der Waals surface area (Å²) in [7, 11) is 0. The number of allylic oxidation sites excluding steroid dienone is 1. The predicted octanol–water partition coefficient (Wildman–Crippen LogP) is 6.46. The minimum atomic E-state index is -0.487. The Balaban J connectivity index is 1.68. The van der Waals surface area contributed by atoms with E-state index in [2.05, 4.69) is 15.5 Å². The number of benzene rings is 2. The number of anilines is 1. The van der Waals surface area contributed by atoms with Crippen LogP contribution in [0.3, 0.4) is 0 Å². The fourth-order valence-corrected chi connectivity index (χ4v) is 4.72. The summed E-state index contributed by atoms with van der Waals surface area (Å²) >= 11 is 7.79. The normalized spacial score (nSPS) is 16.4. The summed E-state index contributed by atoms with van der Waals surface area (Å²) in [6.45, 7) is 3.88. The molecule has 0 radical (unpaired) electrons. The number of carbonyl (C=O) groups excluding carboxylic acids is 1. The summed E-state index contributed by atoms with van der Waals surface area (Å²) in [5.74, 6) is 0.868. The van der Waals surface area contributed by atoms with Gasteiger partial charge in [-0.3, -0.25) is 4.90 Å². The Labute approximate surface area is 194 Å². The standard InChI is InChI=1S/C24H19ClN4O2S/c1-14-6-3-9-18(12-14)29-15(2)20(23-27-22(28-31-23)19-10-5-11-32-19)21(26-24(29)30)16-7-4-8-17(25)13-16/h3-13,21H,1-2H3,(H,26,30). The third kappa shape index (κ3) is 3.70. The van der Waals surface area contributed by atoms with E-state index in [1.54, 1.807) is 11.0 Å². The lowest BCUT2D eigenvalue weighted by atomic mass is 9.94. The molecule has 1 aliphatic rings. The van der Waals surface area contributed by atoms with Gasteiger partial charge in [0.25, 0.3) is 5.89 Å². The number of halogens is 1. The Kier molecular flexibility index (Phi) is 5.28. The van der Waals surface area contributed by atoms with Crippen LogP contribution in [0.4, 0.5) is 10.5 Å². The van der Waals surface area contributed by atoms with E-state index in [1.807, 2.05) is 73.8 Å². The average molecular weight is 463 g/mol. The summed E-state index contributed by atoms with van der Waals surface area (Å²) in [6.07, 6.45) is 0. The van der Waals surface area contributed by atoms with Gasteiger partial charge in [0.2, 0.25) is 5.82 Å². The summed E-state index contributed by atoms with van der Waals surface area (Å²) < 4.78 is 5.70. The smallest absolute Gasteiger partial charge is 0.326 e. The second-order valence-corrected chi connectivity index (χ2v) is 8.90. The topological polar surface area (TPSA) is 71.3 Å². The van der Waals surface area contributed by atoms with Crippen LogP contribution in [-0.4, -0.2) is 16.2 Å². The number of rotatable bonds is 4. The lowest BCUT2D eigenvalue weighted by Crippen LogP contribution is -2.46. The lowest BCUT2D eigenvalue weighted by Gasteiger charge is -2.35. The first kappa shape index (κ1) is 20.5. The molecule has 3 heterocycles. The molecule has 6 nitrogen and oxygen atoms in total. The number of carbonyl (C=O) groups is 1. The molecule has 0 aliphatic carbocycles. The second kappa shape index (κ2) is 8.26. The Morgan fingerprint density at radius 1 is 1.09 bits per heavy atom. The molecule has 0 saturated carbocycles. The summed E-state index contributed by atoms with van der Waals surface area (Å²) in [6, 6.07) is 18.3. The molecular weight excluding hydrogens is 444 g/mol. The van der Waals surface area contributed by atoms with Crippen molar-refractivity contribution < 1.29 is 9.32 Å². The van der Waals surface area contributed by atoms with Gasteiger partial charge in [-0.05, 0) is 60.7 Å². The third-order valence-corrected chi connectivity index (χ3v) is 6.43. The van der Waals surface area contributed by atoms with E-state index in [0.717, 1.165) is 27.3 Å². The largest absolute Gasteiger partial charge is 0.334 e. The zero-order chi connectivity index (χ0) is 22.2. The highest BCUT2D eigenvalue weighted by molar-refractivity contribution is 7.13. The van der Waals surface area contributed by atoms with Gasteiger partial charge in [-0.1, -0.05) is 47.1 Å². The maximum Gasteiger partial charge on any atom is 0.326 e. The first-order valence-electron chi connectivity index (χ1n) is 10.0. The quantitative estimate of drug-likeness (QED) is 0.377. The van der Waals surface area contributed by atoms with E-state index in [4.69, 9.17) is 16.1 Å². The molecular formula is C24H19ClN4O2S. The van der Waals surface area contributed by atoms with Gasteiger partial charge in [0.15, 0.2) is 0 Å². The molecule has 0 spiro atoms. The monoisotopic (exact) mass is 462 g/mol. The van der Waals surface area contributed by atoms with E-state index in [0.29, 0.717) is 22.4 Å². The number of urea groups is 1. The highest BCUT2D eigenvalue weighted by Crippen LogP contribution is 2.39. The number of aryl methyl sites for hydroxylation is 1. The zero-order valence-corrected chi connectivity index (χ0v) is 18.9. The van der Waals surface area contributed by atoms with Crippen molar-refractivity contribution in [1.82, 2.24) is 15.5 Å². The summed E-state index contributed by atoms with van der Waals surface area (Å²) in [5, 5.41) is 9.82. The van der Waals surface area contributed by atoms with Gasteiger partial charge in [0, 0.05) is 10.7 Å². The van der Waals surface area contributed by atoms with Gasteiger partial charge in [-0.15, -0.1) is 11.3 Å². The highest BCUT2D eigenvalue weighted by Gasteiger charge is 2.36. The minimum Gasteiger partial charge on any atom is -0.334 e. The van der Waals surface area contributed by atoms with Crippen molar-refractivity contribution in [2.45, 2.75) is 19.9 Å². The van der Waals surface area contributed by atoms with Gasteiger partial charge in [0.05, 0.1) is 22.2 Å². The zero-order valence-electron chi connectivity index (χ0n) is 17.4. The van der Waals surface area contributed by atoms with Crippen LogP contribution >= 0.6 is 22.9 Å². The first-order valence-corrected chi connectivity index (χ1v) is 11.3. The van der Waals surface area contributed by atoms with E-state index >= 15 is 0 Å². The molecule has 1 N–H and O–H groups in total. The molecule has 2 aromatic heterocycles.